The molecule has 1 aromatic rings. The Hall–Kier alpha value is -0.410. The maximum atomic E-state index is 6.04. The summed E-state index contributed by atoms with van der Waals surface area (Å²) in [6, 6.07) is 0.427. The number of hydrogen-bond acceptors (Lipinski definition) is 3. The van der Waals surface area contributed by atoms with Gasteiger partial charge in [-0.25, -0.2) is 4.98 Å². The number of aromatic nitrogens is 1. The molecule has 17 heavy (non-hydrogen) atoms. The van der Waals surface area contributed by atoms with Gasteiger partial charge in [0, 0.05) is 23.3 Å². The molecule has 96 valence electrons. The van der Waals surface area contributed by atoms with E-state index in [1.807, 2.05) is 11.3 Å². The van der Waals surface area contributed by atoms with Crippen LogP contribution in [0.1, 0.15) is 57.2 Å². The minimum absolute atomic E-state index is 0.178. The summed E-state index contributed by atoms with van der Waals surface area (Å²) in [7, 11) is 0. The van der Waals surface area contributed by atoms with Crippen LogP contribution in [0.4, 0.5) is 0 Å². The molecule has 2 N–H and O–H groups in total. The topological polar surface area (TPSA) is 38.9 Å². The average Bonchev–Trinajstić information content (AvgIpc) is 2.65. The summed E-state index contributed by atoms with van der Waals surface area (Å²) in [5, 5.41) is 3.52. The van der Waals surface area contributed by atoms with Crippen LogP contribution in [0.5, 0.6) is 0 Å². The molecule has 0 saturated heterocycles. The molecule has 0 bridgehead atoms. The van der Waals surface area contributed by atoms with Gasteiger partial charge in [-0.3, -0.25) is 0 Å². The molecule has 0 amide bonds. The Bertz CT molecular complexity index is 365. The molecule has 0 aromatic carbocycles. The van der Waals surface area contributed by atoms with E-state index >= 15 is 0 Å². The monoisotopic (exact) mass is 252 g/mol. The molecule has 2 unspecified atom stereocenters. The van der Waals surface area contributed by atoms with Crippen LogP contribution >= 0.6 is 11.3 Å². The summed E-state index contributed by atoms with van der Waals surface area (Å²) in [6.45, 7) is 6.67. The number of hydrogen-bond donors (Lipinski definition) is 1. The van der Waals surface area contributed by atoms with Crippen molar-refractivity contribution >= 4 is 11.3 Å². The van der Waals surface area contributed by atoms with Gasteiger partial charge in [0.05, 0.1) is 10.7 Å². The molecule has 0 aliphatic heterocycles. The van der Waals surface area contributed by atoms with Crippen molar-refractivity contribution in [2.45, 2.75) is 64.3 Å². The lowest BCUT2D eigenvalue weighted by molar-refractivity contribution is 0.320. The highest BCUT2D eigenvalue weighted by atomic mass is 32.1. The highest BCUT2D eigenvalue weighted by Gasteiger charge is 2.22. The molecule has 1 aliphatic rings. The Morgan fingerprint density at radius 2 is 2.18 bits per heavy atom. The van der Waals surface area contributed by atoms with E-state index in [0.29, 0.717) is 6.04 Å². The van der Waals surface area contributed by atoms with Crippen molar-refractivity contribution in [2.24, 2.45) is 11.7 Å². The van der Waals surface area contributed by atoms with Crippen LogP contribution in [0.2, 0.25) is 0 Å². The van der Waals surface area contributed by atoms with Gasteiger partial charge in [0.1, 0.15) is 0 Å². The van der Waals surface area contributed by atoms with Crippen LogP contribution in [0.15, 0.2) is 5.38 Å². The van der Waals surface area contributed by atoms with Crippen molar-refractivity contribution < 1.29 is 0 Å². The predicted octanol–water partition coefficient (Wildman–Crippen LogP) is 3.50. The van der Waals surface area contributed by atoms with Gasteiger partial charge in [-0.05, 0) is 25.2 Å². The van der Waals surface area contributed by atoms with Crippen molar-refractivity contribution in [3.05, 3.63) is 16.1 Å². The van der Waals surface area contributed by atoms with E-state index in [9.17, 15) is 0 Å². The van der Waals surface area contributed by atoms with Gasteiger partial charge in [-0.1, -0.05) is 27.2 Å². The molecule has 1 saturated carbocycles. The lowest BCUT2D eigenvalue weighted by Gasteiger charge is -2.25. The SMILES string of the molecule is CC(C)(C)c1csc(CC2CCCC(N)C2)n1. The van der Waals surface area contributed by atoms with E-state index in [1.54, 1.807) is 0 Å². The normalized spacial score (nSPS) is 26.1. The van der Waals surface area contributed by atoms with Gasteiger partial charge in [-0.15, -0.1) is 11.3 Å². The lowest BCUT2D eigenvalue weighted by Crippen LogP contribution is -2.28. The molecule has 2 rings (SSSR count). The van der Waals surface area contributed by atoms with Crippen LogP contribution in [0.3, 0.4) is 0 Å². The van der Waals surface area contributed by atoms with E-state index in [1.165, 1.54) is 36.4 Å². The number of nitrogens with zero attached hydrogens (tertiary/aromatic N) is 1. The highest BCUT2D eigenvalue weighted by Crippen LogP contribution is 2.29. The van der Waals surface area contributed by atoms with E-state index in [2.05, 4.69) is 26.2 Å². The largest absolute Gasteiger partial charge is 0.328 e. The molecule has 1 aromatic heterocycles. The lowest BCUT2D eigenvalue weighted by atomic mass is 9.84. The highest BCUT2D eigenvalue weighted by molar-refractivity contribution is 7.09. The van der Waals surface area contributed by atoms with E-state index in [-0.39, 0.29) is 5.41 Å². The van der Waals surface area contributed by atoms with Crippen molar-refractivity contribution in [3.63, 3.8) is 0 Å². The van der Waals surface area contributed by atoms with Gasteiger partial charge in [0.25, 0.3) is 0 Å². The van der Waals surface area contributed by atoms with Crippen molar-refractivity contribution in [1.29, 1.82) is 0 Å². The summed E-state index contributed by atoms with van der Waals surface area (Å²) >= 11 is 1.82. The standard InChI is InChI=1S/C14H24N2S/c1-14(2,3)12-9-17-13(16-12)8-10-5-4-6-11(15)7-10/h9-11H,4-8,15H2,1-3H3. The Balaban J connectivity index is 1.97. The Morgan fingerprint density at radius 1 is 1.41 bits per heavy atom. The van der Waals surface area contributed by atoms with Crippen LogP contribution in [-0.4, -0.2) is 11.0 Å². The third-order valence-corrected chi connectivity index (χ3v) is 4.48. The fraction of sp³-hybridized carbons (Fsp3) is 0.786. The minimum Gasteiger partial charge on any atom is -0.328 e. The second-order valence-corrected chi connectivity index (χ2v) is 7.32. The third-order valence-electron chi connectivity index (χ3n) is 3.61. The maximum absolute atomic E-state index is 6.04. The molecular formula is C14H24N2S. The van der Waals surface area contributed by atoms with Crippen LogP contribution in [-0.2, 0) is 11.8 Å². The summed E-state index contributed by atoms with van der Waals surface area (Å²) in [4.78, 5) is 4.78. The van der Waals surface area contributed by atoms with Gasteiger partial charge < -0.3 is 5.73 Å². The summed E-state index contributed by atoms with van der Waals surface area (Å²) in [5.41, 5.74) is 7.45. The van der Waals surface area contributed by atoms with Gasteiger partial charge in [0.15, 0.2) is 0 Å². The molecule has 1 heterocycles. The first kappa shape index (κ1) is 13.0. The first-order valence-electron chi connectivity index (χ1n) is 6.65. The first-order chi connectivity index (χ1) is 7.95. The van der Waals surface area contributed by atoms with Crippen molar-refractivity contribution in [1.82, 2.24) is 4.98 Å². The van der Waals surface area contributed by atoms with E-state index in [0.717, 1.165) is 12.3 Å². The second-order valence-electron chi connectivity index (χ2n) is 6.37. The van der Waals surface area contributed by atoms with Crippen LogP contribution in [0, 0.1) is 5.92 Å². The molecule has 1 aliphatic carbocycles. The van der Waals surface area contributed by atoms with Crippen LogP contribution < -0.4 is 5.73 Å². The quantitative estimate of drug-likeness (QED) is 0.875. The Kier molecular flexibility index (Phi) is 3.88. The van der Waals surface area contributed by atoms with Crippen molar-refractivity contribution in [3.8, 4) is 0 Å². The zero-order valence-corrected chi connectivity index (χ0v) is 12.0. The Labute approximate surface area is 109 Å². The van der Waals surface area contributed by atoms with Gasteiger partial charge in [-0.2, -0.15) is 0 Å². The average molecular weight is 252 g/mol. The summed E-state index contributed by atoms with van der Waals surface area (Å²) < 4.78 is 0. The fourth-order valence-electron chi connectivity index (χ4n) is 2.51. The zero-order valence-electron chi connectivity index (χ0n) is 11.2. The smallest absolute Gasteiger partial charge is 0.0931 e. The summed E-state index contributed by atoms with van der Waals surface area (Å²) in [6.07, 6.45) is 6.15. The number of thiazole rings is 1. The van der Waals surface area contributed by atoms with E-state index in [4.69, 9.17) is 10.7 Å². The predicted molar refractivity (Wildman–Crippen MR) is 74.5 cm³/mol. The van der Waals surface area contributed by atoms with Gasteiger partial charge >= 0.3 is 0 Å². The zero-order chi connectivity index (χ0) is 12.5. The molecule has 2 atom stereocenters. The van der Waals surface area contributed by atoms with Gasteiger partial charge in [0.2, 0.25) is 0 Å². The molecule has 1 fully saturated rings. The molecule has 0 spiro atoms. The molecular weight excluding hydrogens is 228 g/mol. The molecule has 3 heteroatoms. The number of rotatable bonds is 2. The Morgan fingerprint density at radius 3 is 2.76 bits per heavy atom. The molecule has 2 nitrogen and oxygen atoms in total. The third kappa shape index (κ3) is 3.52. The molecule has 0 radical (unpaired) electrons. The van der Waals surface area contributed by atoms with E-state index < -0.39 is 0 Å². The fourth-order valence-corrected chi connectivity index (χ4v) is 3.65. The minimum atomic E-state index is 0.178. The second kappa shape index (κ2) is 5.07. The first-order valence-corrected chi connectivity index (χ1v) is 7.53. The maximum Gasteiger partial charge on any atom is 0.0931 e. The number of nitrogens with two attached hydrogens (primary N) is 1. The summed E-state index contributed by atoms with van der Waals surface area (Å²) in [5.74, 6) is 0.762. The van der Waals surface area contributed by atoms with Crippen molar-refractivity contribution in [2.75, 3.05) is 0 Å². The van der Waals surface area contributed by atoms with Crippen LogP contribution in [0.25, 0.3) is 0 Å².